The lowest BCUT2D eigenvalue weighted by atomic mass is 9.83. The number of nitriles is 1. The van der Waals surface area contributed by atoms with Crippen molar-refractivity contribution in [2.24, 2.45) is 11.3 Å². The van der Waals surface area contributed by atoms with Gasteiger partial charge in [-0.05, 0) is 38.6 Å². The summed E-state index contributed by atoms with van der Waals surface area (Å²) < 4.78 is 8.69. The van der Waals surface area contributed by atoms with Crippen LogP contribution in [0.1, 0.15) is 62.9 Å². The van der Waals surface area contributed by atoms with Gasteiger partial charge in [0.05, 0.1) is 18.4 Å². The van der Waals surface area contributed by atoms with Crippen LogP contribution in [0.2, 0.25) is 0 Å². The second kappa shape index (κ2) is 9.82. The number of carbonyl (C=O) groups excluding carboxylic acids is 1. The summed E-state index contributed by atoms with van der Waals surface area (Å²) >= 11 is 0. The molecule has 0 unspecified atom stereocenters. The minimum atomic E-state index is -0.782. The Bertz CT molecular complexity index is 889. The van der Waals surface area contributed by atoms with Gasteiger partial charge in [-0.15, -0.1) is 0 Å². The highest BCUT2D eigenvalue weighted by Crippen LogP contribution is 2.43. The van der Waals surface area contributed by atoms with Crippen molar-refractivity contribution in [2.75, 3.05) is 33.3 Å². The van der Waals surface area contributed by atoms with E-state index in [0.29, 0.717) is 32.5 Å². The molecule has 0 atom stereocenters. The first-order valence-electron chi connectivity index (χ1n) is 12.1. The van der Waals surface area contributed by atoms with Gasteiger partial charge in [0.25, 0.3) is 6.47 Å². The summed E-state index contributed by atoms with van der Waals surface area (Å²) in [6.45, 7) is 4.68. The van der Waals surface area contributed by atoms with E-state index in [-0.39, 0.29) is 12.4 Å². The quantitative estimate of drug-likeness (QED) is 0.676. The van der Waals surface area contributed by atoms with E-state index in [0.717, 1.165) is 50.5 Å². The van der Waals surface area contributed by atoms with E-state index in [9.17, 15) is 10.1 Å². The van der Waals surface area contributed by atoms with Crippen molar-refractivity contribution in [3.63, 3.8) is 0 Å². The Labute approximate surface area is 195 Å². The largest absolute Gasteiger partial charge is 0.483 e. The lowest BCUT2D eigenvalue weighted by molar-refractivity contribution is -0.150. The van der Waals surface area contributed by atoms with Gasteiger partial charge in [-0.25, -0.2) is 4.98 Å². The molecule has 33 heavy (non-hydrogen) atoms. The fraction of sp³-hybridized carbons (Fsp3) is 0.750. The van der Waals surface area contributed by atoms with Crippen LogP contribution in [-0.4, -0.2) is 70.1 Å². The van der Waals surface area contributed by atoms with Gasteiger partial charge in [0.2, 0.25) is 5.91 Å². The van der Waals surface area contributed by atoms with Crippen molar-refractivity contribution < 1.29 is 19.4 Å². The second-order valence-electron chi connectivity index (χ2n) is 10.0. The Kier molecular flexibility index (Phi) is 7.05. The number of carbonyl (C=O) groups is 2. The lowest BCUT2D eigenvalue weighted by Gasteiger charge is -2.44. The van der Waals surface area contributed by atoms with Crippen LogP contribution >= 0.6 is 0 Å². The molecule has 1 N–H and O–H groups in total. The molecule has 0 aromatic carbocycles. The number of aromatic nitrogens is 2. The van der Waals surface area contributed by atoms with Crippen LogP contribution in [0.3, 0.4) is 0 Å². The maximum atomic E-state index is 13.1. The van der Waals surface area contributed by atoms with E-state index in [4.69, 9.17) is 19.6 Å². The van der Waals surface area contributed by atoms with Crippen molar-refractivity contribution in [1.29, 1.82) is 5.26 Å². The number of imidazole rings is 1. The topological polar surface area (TPSA) is 112 Å². The molecule has 2 aliphatic carbocycles. The third-order valence-corrected chi connectivity index (χ3v) is 7.68. The lowest BCUT2D eigenvalue weighted by Crippen LogP contribution is -2.52. The minimum absolute atomic E-state index is 0.0406. The van der Waals surface area contributed by atoms with Crippen LogP contribution in [0.15, 0.2) is 6.20 Å². The molecule has 4 aliphatic rings. The maximum absolute atomic E-state index is 13.1. The van der Waals surface area contributed by atoms with Crippen molar-refractivity contribution in [1.82, 2.24) is 19.4 Å². The zero-order valence-electron chi connectivity index (χ0n) is 19.5. The van der Waals surface area contributed by atoms with Crippen LogP contribution in [0.4, 0.5) is 0 Å². The van der Waals surface area contributed by atoms with Gasteiger partial charge >= 0.3 is 0 Å². The van der Waals surface area contributed by atoms with Crippen LogP contribution in [-0.2, 0) is 33.0 Å². The molecule has 1 aromatic rings. The molecule has 3 heterocycles. The average molecular weight is 458 g/mol. The number of fused-ring (bicyclic) bond motifs is 2. The van der Waals surface area contributed by atoms with Gasteiger partial charge in [0.1, 0.15) is 16.8 Å². The Balaban J connectivity index is 0.000000821. The fourth-order valence-corrected chi connectivity index (χ4v) is 5.72. The number of likely N-dealkylation sites (tertiary alicyclic amines) is 1. The molecule has 9 nitrogen and oxygen atoms in total. The molecule has 1 amide bonds. The third-order valence-electron chi connectivity index (χ3n) is 7.68. The van der Waals surface area contributed by atoms with Gasteiger partial charge < -0.3 is 24.2 Å². The van der Waals surface area contributed by atoms with Crippen molar-refractivity contribution in [3.05, 3.63) is 17.7 Å². The molecular formula is C24H35N5O4. The van der Waals surface area contributed by atoms with Crippen LogP contribution in [0, 0.1) is 22.7 Å². The Morgan fingerprint density at radius 3 is 2.58 bits per heavy atom. The number of hydrogen-bond donors (Lipinski definition) is 1. The van der Waals surface area contributed by atoms with Crippen molar-refractivity contribution in [2.45, 2.75) is 70.1 Å². The van der Waals surface area contributed by atoms with Gasteiger partial charge in [-0.2, -0.15) is 5.26 Å². The number of nitrogens with zero attached hydrogens (tertiary/aromatic N) is 5. The molecule has 1 aromatic heterocycles. The van der Waals surface area contributed by atoms with Crippen molar-refractivity contribution in [3.8, 4) is 6.07 Å². The van der Waals surface area contributed by atoms with Gasteiger partial charge in [0.15, 0.2) is 0 Å². The smallest absolute Gasteiger partial charge is 0.290 e. The first-order chi connectivity index (χ1) is 16.0. The van der Waals surface area contributed by atoms with Crippen LogP contribution < -0.4 is 0 Å². The molecule has 180 valence electrons. The second-order valence-corrected chi connectivity index (χ2v) is 10.0. The normalized spacial score (nSPS) is 22.9. The van der Waals surface area contributed by atoms with Crippen molar-refractivity contribution >= 4 is 12.4 Å². The number of ether oxygens (including phenoxy) is 1. The Morgan fingerprint density at radius 1 is 1.30 bits per heavy atom. The van der Waals surface area contributed by atoms with E-state index in [1.54, 1.807) is 0 Å². The van der Waals surface area contributed by atoms with Crippen LogP contribution in [0.5, 0.6) is 0 Å². The predicted octanol–water partition coefficient (Wildman–Crippen LogP) is 2.36. The summed E-state index contributed by atoms with van der Waals surface area (Å²) in [6.07, 6.45) is 9.66. The number of carboxylic acid groups (broad SMARTS) is 1. The Morgan fingerprint density at radius 2 is 1.97 bits per heavy atom. The summed E-state index contributed by atoms with van der Waals surface area (Å²) in [6, 6.07) is 2.36. The first-order valence-corrected chi connectivity index (χ1v) is 12.1. The van der Waals surface area contributed by atoms with E-state index < -0.39 is 11.0 Å². The molecule has 9 heteroatoms. The van der Waals surface area contributed by atoms with E-state index in [1.807, 2.05) is 11.1 Å². The average Bonchev–Trinajstić information content (AvgIpc) is 3.32. The number of hydrogen-bond acceptors (Lipinski definition) is 6. The standard InChI is InChI=1S/C23H33N5O2.CH2O2/c1-26(15-18-4-5-18)16-19-14-25-20-23(30-13-12-28(19)20)8-10-27(11-9-23)21(29)22(17-24)6-2-3-7-22;2-1-3/h14,18H,2-13,15-16H2,1H3;1H,(H,2,3). The molecule has 2 saturated carbocycles. The van der Waals surface area contributed by atoms with Crippen LogP contribution in [0.25, 0.3) is 0 Å². The maximum Gasteiger partial charge on any atom is 0.290 e. The predicted molar refractivity (Wildman–Crippen MR) is 120 cm³/mol. The van der Waals surface area contributed by atoms with Gasteiger partial charge in [0, 0.05) is 51.8 Å². The molecule has 1 saturated heterocycles. The molecule has 3 fully saturated rings. The Hall–Kier alpha value is -2.44. The highest BCUT2D eigenvalue weighted by molar-refractivity contribution is 5.86. The van der Waals surface area contributed by atoms with Gasteiger partial charge in [-0.1, -0.05) is 12.8 Å². The SMILES string of the molecule is CN(Cc1cnc2n1CCOC21CCN(C(=O)C2(C#N)CCCC2)CC1)CC1CC1.O=CO. The van der Waals surface area contributed by atoms with E-state index >= 15 is 0 Å². The summed E-state index contributed by atoms with van der Waals surface area (Å²) in [5, 5.41) is 16.6. The summed E-state index contributed by atoms with van der Waals surface area (Å²) in [5.74, 6) is 1.96. The zero-order valence-corrected chi connectivity index (χ0v) is 19.5. The summed E-state index contributed by atoms with van der Waals surface area (Å²) in [4.78, 5) is 30.6. The number of rotatable bonds is 5. The number of amides is 1. The first kappa shape index (κ1) is 23.7. The highest BCUT2D eigenvalue weighted by Gasteiger charge is 2.48. The molecule has 0 bridgehead atoms. The molecule has 1 spiro atoms. The zero-order chi connectivity index (χ0) is 23.5. The summed E-state index contributed by atoms with van der Waals surface area (Å²) in [7, 11) is 2.20. The summed E-state index contributed by atoms with van der Waals surface area (Å²) in [5.41, 5.74) is 0.0942. The van der Waals surface area contributed by atoms with E-state index in [1.165, 1.54) is 25.1 Å². The molecule has 2 aliphatic heterocycles. The van der Waals surface area contributed by atoms with E-state index in [2.05, 4.69) is 22.6 Å². The molecule has 0 radical (unpaired) electrons. The van der Waals surface area contributed by atoms with Gasteiger partial charge in [-0.3, -0.25) is 9.59 Å². The fourth-order valence-electron chi connectivity index (χ4n) is 5.72. The number of piperidine rings is 1. The minimum Gasteiger partial charge on any atom is -0.483 e. The molecule has 5 rings (SSSR count). The third kappa shape index (κ3) is 4.78. The highest BCUT2D eigenvalue weighted by atomic mass is 16.5. The molecular weight excluding hydrogens is 422 g/mol. The monoisotopic (exact) mass is 457 g/mol.